The molecule has 46 valence electrons. The Balaban J connectivity index is -0.0000000233. The van der Waals surface area contributed by atoms with E-state index in [0.717, 1.165) is 0 Å². The molecule has 0 heterocycles. The Labute approximate surface area is 101 Å². The first-order valence-corrected chi connectivity index (χ1v) is 2.25. The van der Waals surface area contributed by atoms with E-state index in [2.05, 4.69) is 0 Å². The molecule has 0 aliphatic carbocycles. The molecule has 0 radical (unpaired) electrons. The van der Waals surface area contributed by atoms with Crippen LogP contribution < -0.4 is 51.4 Å². The molecule has 0 aromatic rings. The van der Waals surface area contributed by atoms with Crippen molar-refractivity contribution in [2.45, 2.75) is 0 Å². The second-order valence-corrected chi connectivity index (χ2v) is 1.19. The minimum atomic E-state index is -1.83. The summed E-state index contributed by atoms with van der Waals surface area (Å²) in [7, 11) is 0. The first-order valence-electron chi connectivity index (χ1n) is 1.19. The molecule has 2 N–H and O–H groups in total. The largest absolute Gasteiger partial charge is 1.00 e. The molecule has 3 nitrogen and oxygen atoms in total. The summed E-state index contributed by atoms with van der Waals surface area (Å²) < 4.78 is 0. The van der Waals surface area contributed by atoms with Crippen molar-refractivity contribution in [3.05, 3.63) is 0 Å². The van der Waals surface area contributed by atoms with E-state index < -0.39 is 6.16 Å². The van der Waals surface area contributed by atoms with Crippen LogP contribution in [0, 0.1) is 0 Å². The average Bonchev–Trinajstić information content (AvgIpc) is 1.33. The average molecular weight is 187 g/mol. The number of halogens is 2. The van der Waals surface area contributed by atoms with Gasteiger partial charge in [-0.25, -0.2) is 4.79 Å². The zero-order valence-corrected chi connectivity index (χ0v) is 8.90. The third kappa shape index (κ3) is 143. The molecule has 0 rings (SSSR count). The Kier molecular flexibility index (Phi) is 32.1. The second-order valence-electron chi connectivity index (χ2n) is 0.384. The van der Waals surface area contributed by atoms with E-state index in [4.69, 9.17) is 38.2 Å². The zero-order valence-electron chi connectivity index (χ0n) is 5.27. The van der Waals surface area contributed by atoms with Gasteiger partial charge in [-0.15, -0.1) is 23.2 Å². The van der Waals surface area contributed by atoms with Crippen molar-refractivity contribution < 1.29 is 67.8 Å². The van der Waals surface area contributed by atoms with Gasteiger partial charge in [-0.1, -0.05) is 0 Å². The molecule has 6 heteroatoms. The monoisotopic (exact) mass is 186 g/mol. The standard InChI is InChI=1S/CH2Cl2.CH2O3.K.H/c2-1-3;2-1(3)4;;/h1H2;(H2,2,3,4);;/q;;+1;-1. The summed E-state index contributed by atoms with van der Waals surface area (Å²) in [5.41, 5.74) is 0. The van der Waals surface area contributed by atoms with E-state index >= 15 is 0 Å². The molecular weight excluding hydrogens is 182 g/mol. The Morgan fingerprint density at radius 1 is 1.50 bits per heavy atom. The smallest absolute Gasteiger partial charge is 1.00 e. The van der Waals surface area contributed by atoms with Crippen molar-refractivity contribution in [2.75, 3.05) is 5.34 Å². The van der Waals surface area contributed by atoms with Crippen LogP contribution >= 0.6 is 23.2 Å². The fraction of sp³-hybridized carbons (Fsp3) is 0.500. The van der Waals surface area contributed by atoms with Crippen LogP contribution in [0.2, 0.25) is 0 Å². The van der Waals surface area contributed by atoms with E-state index in [-0.39, 0.29) is 58.2 Å². The molecule has 0 fully saturated rings. The third-order valence-corrected chi connectivity index (χ3v) is 0. The van der Waals surface area contributed by atoms with E-state index in [1.54, 1.807) is 0 Å². The first-order chi connectivity index (χ1) is 3.15. The van der Waals surface area contributed by atoms with Crippen LogP contribution in [-0.4, -0.2) is 21.7 Å². The summed E-state index contributed by atoms with van der Waals surface area (Å²) in [6.45, 7) is 0. The van der Waals surface area contributed by atoms with E-state index in [1.165, 1.54) is 0 Å². The molecule has 0 aromatic heterocycles. The third-order valence-electron chi connectivity index (χ3n) is 0. The summed E-state index contributed by atoms with van der Waals surface area (Å²) in [4.78, 5) is 8.56. The first kappa shape index (κ1) is 16.2. The molecule has 8 heavy (non-hydrogen) atoms. The number of carboxylic acid groups (broad SMARTS) is 2. The van der Waals surface area contributed by atoms with Gasteiger partial charge in [0, 0.05) is 0 Å². The summed E-state index contributed by atoms with van der Waals surface area (Å²) >= 11 is 9.53. The van der Waals surface area contributed by atoms with Crippen molar-refractivity contribution in [3.63, 3.8) is 0 Å². The van der Waals surface area contributed by atoms with Crippen LogP contribution in [0.1, 0.15) is 1.43 Å². The van der Waals surface area contributed by atoms with Gasteiger partial charge in [0.1, 0.15) is 0 Å². The summed E-state index contributed by atoms with van der Waals surface area (Å²) in [6, 6.07) is 0. The van der Waals surface area contributed by atoms with Crippen LogP contribution in [-0.2, 0) is 0 Å². The maximum absolute atomic E-state index is 8.56. The Morgan fingerprint density at radius 3 is 1.50 bits per heavy atom. The molecule has 0 unspecified atom stereocenters. The molecule has 0 aromatic carbocycles. The Morgan fingerprint density at radius 2 is 1.50 bits per heavy atom. The van der Waals surface area contributed by atoms with Gasteiger partial charge in [-0.05, 0) is 0 Å². The van der Waals surface area contributed by atoms with Gasteiger partial charge in [-0.3, -0.25) is 0 Å². The van der Waals surface area contributed by atoms with Crippen molar-refractivity contribution in [1.82, 2.24) is 0 Å². The van der Waals surface area contributed by atoms with Crippen molar-refractivity contribution in [1.29, 1.82) is 0 Å². The van der Waals surface area contributed by atoms with Crippen LogP contribution in [0.15, 0.2) is 0 Å². The molecular formula is C2H5Cl2KO3. The van der Waals surface area contributed by atoms with Crippen molar-refractivity contribution >= 4 is 29.4 Å². The van der Waals surface area contributed by atoms with Crippen LogP contribution in [0.4, 0.5) is 4.79 Å². The van der Waals surface area contributed by atoms with Crippen LogP contribution in [0.25, 0.3) is 0 Å². The number of carbonyl (C=O) groups is 1. The van der Waals surface area contributed by atoms with Gasteiger partial charge in [0.2, 0.25) is 0 Å². The van der Waals surface area contributed by atoms with E-state index in [0.29, 0.717) is 0 Å². The van der Waals surface area contributed by atoms with Gasteiger partial charge in [0.15, 0.2) is 0 Å². The summed E-state index contributed by atoms with van der Waals surface area (Å²) in [6.07, 6.45) is -1.83. The van der Waals surface area contributed by atoms with Crippen molar-refractivity contribution in [2.24, 2.45) is 0 Å². The van der Waals surface area contributed by atoms with Crippen LogP contribution in [0.3, 0.4) is 0 Å². The van der Waals surface area contributed by atoms with Gasteiger partial charge in [0.05, 0.1) is 5.34 Å². The Bertz CT molecular complexity index is 51.1. The minimum absolute atomic E-state index is 0. The SMILES string of the molecule is ClCCl.O=C(O)O.[H-].[K+]. The molecule has 0 aliphatic rings. The fourth-order valence-electron chi connectivity index (χ4n) is 0. The van der Waals surface area contributed by atoms with Gasteiger partial charge in [-0.2, -0.15) is 0 Å². The van der Waals surface area contributed by atoms with E-state index in [1.807, 2.05) is 0 Å². The normalized spacial score (nSPS) is 5.25. The second kappa shape index (κ2) is 15.8. The van der Waals surface area contributed by atoms with Gasteiger partial charge < -0.3 is 11.6 Å². The van der Waals surface area contributed by atoms with Gasteiger partial charge >= 0.3 is 57.5 Å². The number of hydrogen-bond donors (Lipinski definition) is 2. The number of rotatable bonds is 0. The quantitative estimate of drug-likeness (QED) is 0.368. The topological polar surface area (TPSA) is 57.5 Å². The fourth-order valence-corrected chi connectivity index (χ4v) is 0. The summed E-state index contributed by atoms with van der Waals surface area (Å²) in [5.74, 6) is 0. The zero-order chi connectivity index (χ0) is 6.28. The molecule has 0 saturated heterocycles. The summed E-state index contributed by atoms with van der Waals surface area (Å²) in [5, 5.41) is 14.1. The molecule has 0 spiro atoms. The number of alkyl halides is 2. The molecule has 0 atom stereocenters. The maximum atomic E-state index is 8.56. The predicted molar refractivity (Wildman–Crippen MR) is 28.3 cm³/mol. The molecule has 0 bridgehead atoms. The van der Waals surface area contributed by atoms with Crippen molar-refractivity contribution in [3.8, 4) is 0 Å². The van der Waals surface area contributed by atoms with Gasteiger partial charge in [0.25, 0.3) is 0 Å². The number of hydrogen-bond acceptors (Lipinski definition) is 1. The van der Waals surface area contributed by atoms with Crippen LogP contribution in [0.5, 0.6) is 0 Å². The molecule has 0 aliphatic heterocycles. The minimum Gasteiger partial charge on any atom is -1.00 e. The molecule has 0 amide bonds. The van der Waals surface area contributed by atoms with E-state index in [9.17, 15) is 0 Å². The maximum Gasteiger partial charge on any atom is 1.00 e. The predicted octanol–water partition coefficient (Wildman–Crippen LogP) is -1.24. The molecule has 0 saturated carbocycles. The Hall–Kier alpha value is 1.49.